The second-order valence-electron chi connectivity index (χ2n) is 10.8. The standard InChI is InChI=1S/C35H41FN2O5.C2H6/c1-4-12-26(36)15-11-18-31-30(21-25-13-7-5-8-14-25)33(35(43)37-27-16-9-6-10-17-27)34(24(2)3)38(31)20-19-28(39)22-29(40)23-32(41)42;1-2/h4-18,24,28-29,39-40H,19-23H2,1-3H3,(H,37,43)(H,41,42);1-2H3/b12-4-,18-11+,26-15+;. The topological polar surface area (TPSA) is 112 Å². The first kappa shape index (κ1) is 36.9. The number of rotatable bonds is 15. The SMILES string of the molecule is CC.C\C=C/C(F)=C\C=C\c1c(Cc2ccccc2)c(C(=O)Nc2ccccc2)c(C(C)C)n1CCC(O)CC(O)CC(=O)O. The van der Waals surface area contributed by atoms with Crippen molar-refractivity contribution in [3.05, 3.63) is 119 Å². The summed E-state index contributed by atoms with van der Waals surface area (Å²) in [4.78, 5) is 25.0. The average molecular weight is 619 g/mol. The molecule has 0 aliphatic rings. The van der Waals surface area contributed by atoms with Gasteiger partial charge in [0.15, 0.2) is 0 Å². The van der Waals surface area contributed by atoms with E-state index in [1.165, 1.54) is 12.2 Å². The van der Waals surface area contributed by atoms with E-state index in [1.807, 2.05) is 92.9 Å². The molecule has 0 saturated carbocycles. The summed E-state index contributed by atoms with van der Waals surface area (Å²) in [5.74, 6) is -1.94. The smallest absolute Gasteiger partial charge is 0.305 e. The Labute approximate surface area is 266 Å². The Morgan fingerprint density at radius 1 is 0.978 bits per heavy atom. The van der Waals surface area contributed by atoms with Gasteiger partial charge in [0.1, 0.15) is 5.83 Å². The van der Waals surface area contributed by atoms with E-state index in [1.54, 1.807) is 25.2 Å². The largest absolute Gasteiger partial charge is 0.481 e. The molecule has 1 aromatic heterocycles. The molecule has 1 heterocycles. The summed E-state index contributed by atoms with van der Waals surface area (Å²) in [5, 5.41) is 32.8. The molecule has 1 amide bonds. The molecule has 3 rings (SSSR count). The highest BCUT2D eigenvalue weighted by molar-refractivity contribution is 6.07. The van der Waals surface area contributed by atoms with Crippen molar-refractivity contribution < 1.29 is 29.3 Å². The van der Waals surface area contributed by atoms with Gasteiger partial charge in [-0.2, -0.15) is 0 Å². The van der Waals surface area contributed by atoms with Crippen molar-refractivity contribution in [2.75, 3.05) is 5.32 Å². The highest BCUT2D eigenvalue weighted by Gasteiger charge is 2.28. The monoisotopic (exact) mass is 618 g/mol. The minimum atomic E-state index is -1.18. The van der Waals surface area contributed by atoms with Gasteiger partial charge in [-0.3, -0.25) is 9.59 Å². The van der Waals surface area contributed by atoms with E-state index in [2.05, 4.69) is 5.32 Å². The Bertz CT molecular complexity index is 1440. The Morgan fingerprint density at radius 3 is 2.18 bits per heavy atom. The molecule has 0 aliphatic heterocycles. The van der Waals surface area contributed by atoms with Crippen LogP contribution in [0.15, 0.2) is 90.8 Å². The lowest BCUT2D eigenvalue weighted by Gasteiger charge is -2.19. The second kappa shape index (κ2) is 19.2. The summed E-state index contributed by atoms with van der Waals surface area (Å²) in [5.41, 5.74) is 4.38. The predicted octanol–water partition coefficient (Wildman–Crippen LogP) is 7.90. The number of carboxylic acid groups (broad SMARTS) is 1. The summed E-state index contributed by atoms with van der Waals surface area (Å²) in [7, 11) is 0. The van der Waals surface area contributed by atoms with Crippen LogP contribution in [0.4, 0.5) is 10.1 Å². The molecule has 4 N–H and O–H groups in total. The van der Waals surface area contributed by atoms with Crippen LogP contribution in [-0.2, 0) is 17.8 Å². The molecule has 3 aromatic rings. The zero-order valence-corrected chi connectivity index (χ0v) is 26.9. The van der Waals surface area contributed by atoms with Gasteiger partial charge in [-0.25, -0.2) is 4.39 Å². The molecule has 0 spiro atoms. The number of carbonyl (C=O) groups excluding carboxylic acids is 1. The van der Waals surface area contributed by atoms with E-state index in [0.717, 1.165) is 16.8 Å². The van der Waals surface area contributed by atoms with Gasteiger partial charge in [-0.05, 0) is 67.2 Å². The Kier molecular flexibility index (Phi) is 15.7. The average Bonchev–Trinajstić information content (AvgIpc) is 3.30. The van der Waals surface area contributed by atoms with Crippen molar-refractivity contribution >= 4 is 23.6 Å². The third-order valence-electron chi connectivity index (χ3n) is 6.95. The molecular weight excluding hydrogens is 571 g/mol. The number of aliphatic carboxylic acids is 1. The van der Waals surface area contributed by atoms with Crippen LogP contribution >= 0.6 is 0 Å². The molecule has 0 radical (unpaired) electrons. The van der Waals surface area contributed by atoms with Crippen LogP contribution in [0.2, 0.25) is 0 Å². The predicted molar refractivity (Wildman–Crippen MR) is 180 cm³/mol. The highest BCUT2D eigenvalue weighted by atomic mass is 19.1. The number of allylic oxidation sites excluding steroid dienone is 5. The Balaban J connectivity index is 0.00000345. The van der Waals surface area contributed by atoms with Crippen molar-refractivity contribution in [3.8, 4) is 0 Å². The van der Waals surface area contributed by atoms with Crippen LogP contribution in [0.3, 0.4) is 0 Å². The van der Waals surface area contributed by atoms with E-state index < -0.39 is 30.4 Å². The summed E-state index contributed by atoms with van der Waals surface area (Å²) < 4.78 is 16.2. The van der Waals surface area contributed by atoms with Crippen molar-refractivity contribution in [1.29, 1.82) is 0 Å². The highest BCUT2D eigenvalue weighted by Crippen LogP contribution is 2.33. The number of carboxylic acids is 1. The molecule has 0 fully saturated rings. The molecular formula is C37H47FN2O5. The van der Waals surface area contributed by atoms with Gasteiger partial charge in [0.2, 0.25) is 0 Å². The van der Waals surface area contributed by atoms with E-state index in [9.17, 15) is 24.2 Å². The number of para-hydroxylation sites is 1. The summed E-state index contributed by atoms with van der Waals surface area (Å²) >= 11 is 0. The first-order valence-electron chi connectivity index (χ1n) is 15.5. The summed E-state index contributed by atoms with van der Waals surface area (Å²) in [6, 6.07) is 18.9. The number of carbonyl (C=O) groups is 2. The van der Waals surface area contributed by atoms with Crippen LogP contribution in [0.25, 0.3) is 6.08 Å². The number of aliphatic hydroxyl groups is 2. The molecule has 2 unspecified atom stereocenters. The molecule has 45 heavy (non-hydrogen) atoms. The van der Waals surface area contributed by atoms with Crippen LogP contribution in [0, 0.1) is 0 Å². The zero-order valence-electron chi connectivity index (χ0n) is 26.9. The van der Waals surface area contributed by atoms with Crippen molar-refractivity contribution in [1.82, 2.24) is 4.57 Å². The van der Waals surface area contributed by atoms with E-state index >= 15 is 0 Å². The minimum absolute atomic E-state index is 0.0920. The van der Waals surface area contributed by atoms with Gasteiger partial charge >= 0.3 is 5.97 Å². The first-order valence-corrected chi connectivity index (χ1v) is 15.5. The van der Waals surface area contributed by atoms with E-state index in [0.29, 0.717) is 23.4 Å². The number of hydrogen-bond acceptors (Lipinski definition) is 4. The van der Waals surface area contributed by atoms with Crippen molar-refractivity contribution in [2.45, 2.75) is 85.0 Å². The maximum absolute atomic E-state index is 14.3. The lowest BCUT2D eigenvalue weighted by molar-refractivity contribution is -0.139. The molecule has 2 atom stereocenters. The molecule has 0 bridgehead atoms. The molecule has 8 heteroatoms. The maximum Gasteiger partial charge on any atom is 0.305 e. The fourth-order valence-corrected chi connectivity index (χ4v) is 5.13. The Morgan fingerprint density at radius 2 is 1.60 bits per heavy atom. The molecule has 2 aromatic carbocycles. The molecule has 7 nitrogen and oxygen atoms in total. The van der Waals surface area contributed by atoms with Gasteiger partial charge in [0, 0.05) is 30.0 Å². The maximum atomic E-state index is 14.3. The normalized spacial score (nSPS) is 13.1. The van der Waals surface area contributed by atoms with Crippen molar-refractivity contribution in [2.24, 2.45) is 0 Å². The lowest BCUT2D eigenvalue weighted by Crippen LogP contribution is -2.22. The summed E-state index contributed by atoms with van der Waals surface area (Å²) in [6.45, 7) is 9.99. The lowest BCUT2D eigenvalue weighted by atomic mass is 9.96. The van der Waals surface area contributed by atoms with Crippen LogP contribution in [-0.4, -0.2) is 44.0 Å². The van der Waals surface area contributed by atoms with Crippen LogP contribution < -0.4 is 5.32 Å². The van der Waals surface area contributed by atoms with Gasteiger partial charge in [0.25, 0.3) is 5.91 Å². The van der Waals surface area contributed by atoms with Crippen molar-refractivity contribution in [3.63, 3.8) is 0 Å². The quantitative estimate of drug-likeness (QED) is 0.129. The van der Waals surface area contributed by atoms with Gasteiger partial charge < -0.3 is 25.2 Å². The number of nitrogens with zero attached hydrogens (tertiary/aromatic N) is 1. The fraction of sp³-hybridized carbons (Fsp3) is 0.351. The number of aromatic nitrogens is 1. The summed E-state index contributed by atoms with van der Waals surface area (Å²) in [6.07, 6.45) is 5.62. The minimum Gasteiger partial charge on any atom is -0.481 e. The number of halogens is 1. The number of aliphatic hydroxyl groups excluding tert-OH is 2. The van der Waals surface area contributed by atoms with Crippen LogP contribution in [0.1, 0.15) is 92.7 Å². The molecule has 0 aliphatic carbocycles. The van der Waals surface area contributed by atoms with Gasteiger partial charge in [-0.15, -0.1) is 0 Å². The number of hydrogen-bond donors (Lipinski definition) is 4. The third kappa shape index (κ3) is 11.6. The number of anilines is 1. The fourth-order valence-electron chi connectivity index (χ4n) is 5.13. The van der Waals surface area contributed by atoms with Gasteiger partial charge in [0.05, 0.1) is 24.2 Å². The second-order valence-corrected chi connectivity index (χ2v) is 10.8. The van der Waals surface area contributed by atoms with Crippen LogP contribution in [0.5, 0.6) is 0 Å². The number of nitrogens with one attached hydrogen (secondary N) is 1. The molecule has 242 valence electrons. The first-order chi connectivity index (χ1) is 21.6. The number of benzene rings is 2. The molecule has 0 saturated heterocycles. The third-order valence-corrected chi connectivity index (χ3v) is 6.95. The zero-order chi connectivity index (χ0) is 33.4. The Hall–Kier alpha value is -4.27. The van der Waals surface area contributed by atoms with E-state index in [4.69, 9.17) is 5.11 Å². The number of amides is 1. The van der Waals surface area contributed by atoms with E-state index in [-0.39, 0.29) is 31.2 Å². The van der Waals surface area contributed by atoms with Gasteiger partial charge in [-0.1, -0.05) is 88.4 Å².